The van der Waals surface area contributed by atoms with Gasteiger partial charge in [0, 0.05) is 6.54 Å². The van der Waals surface area contributed by atoms with E-state index in [0.29, 0.717) is 30.4 Å². The average Bonchev–Trinajstić information content (AvgIpc) is 3.05. The molecule has 6 nitrogen and oxygen atoms in total. The highest BCUT2D eigenvalue weighted by atomic mass is 16.4. The molecule has 0 bridgehead atoms. The Labute approximate surface area is 148 Å². The fourth-order valence-corrected chi connectivity index (χ4v) is 2.32. The van der Waals surface area contributed by atoms with Crippen LogP contribution in [0.5, 0.6) is 0 Å². The third-order valence-corrected chi connectivity index (χ3v) is 3.69. The van der Waals surface area contributed by atoms with Crippen molar-refractivity contribution in [3.63, 3.8) is 0 Å². The second-order valence-electron chi connectivity index (χ2n) is 6.05. The molecule has 0 aliphatic rings. The fourth-order valence-electron chi connectivity index (χ4n) is 2.32. The molecule has 3 N–H and O–H groups in total. The largest absolute Gasteiger partial charge is 0.463 e. The number of hydrogen-bond acceptors (Lipinski definition) is 4. The van der Waals surface area contributed by atoms with E-state index in [1.165, 1.54) is 0 Å². The molecule has 0 saturated carbocycles. The molecular weight excluding hydrogens is 316 g/mol. The van der Waals surface area contributed by atoms with Crippen molar-refractivity contribution in [2.45, 2.75) is 32.9 Å². The van der Waals surface area contributed by atoms with Crippen LogP contribution in [0.4, 0.5) is 0 Å². The Morgan fingerprint density at radius 2 is 2.12 bits per heavy atom. The highest BCUT2D eigenvalue weighted by molar-refractivity contribution is 5.79. The van der Waals surface area contributed by atoms with Crippen LogP contribution in [-0.4, -0.2) is 24.2 Å². The molecule has 132 valence electrons. The first-order valence-electron chi connectivity index (χ1n) is 8.25. The van der Waals surface area contributed by atoms with Crippen molar-refractivity contribution in [2.75, 3.05) is 13.1 Å². The van der Waals surface area contributed by atoms with Gasteiger partial charge < -0.3 is 20.2 Å². The molecule has 25 heavy (non-hydrogen) atoms. The third kappa shape index (κ3) is 5.37. The van der Waals surface area contributed by atoms with Crippen LogP contribution < -0.4 is 10.6 Å². The van der Waals surface area contributed by atoms with E-state index in [0.717, 1.165) is 11.3 Å². The zero-order valence-electron chi connectivity index (χ0n) is 14.8. The summed E-state index contributed by atoms with van der Waals surface area (Å²) in [5.74, 6) is 1.86. The highest BCUT2D eigenvalue weighted by Crippen LogP contribution is 2.21. The van der Waals surface area contributed by atoms with E-state index >= 15 is 0 Å². The summed E-state index contributed by atoms with van der Waals surface area (Å²) in [5.41, 5.74) is 0.414. The van der Waals surface area contributed by atoms with Crippen molar-refractivity contribution >= 4 is 5.96 Å². The van der Waals surface area contributed by atoms with E-state index < -0.39 is 5.60 Å². The van der Waals surface area contributed by atoms with Crippen LogP contribution in [0.2, 0.25) is 0 Å². The lowest BCUT2D eigenvalue weighted by Crippen LogP contribution is -2.44. The normalized spacial score (nSPS) is 13.8. The molecule has 0 saturated heterocycles. The van der Waals surface area contributed by atoms with Crippen molar-refractivity contribution in [1.82, 2.24) is 10.6 Å². The Kier molecular flexibility index (Phi) is 6.20. The molecule has 2 rings (SSSR count). The zero-order chi connectivity index (χ0) is 18.3. The van der Waals surface area contributed by atoms with Gasteiger partial charge in [0.2, 0.25) is 0 Å². The summed E-state index contributed by atoms with van der Waals surface area (Å²) < 4.78 is 5.51. The summed E-state index contributed by atoms with van der Waals surface area (Å²) in [6.45, 7) is 6.90. The summed E-state index contributed by atoms with van der Waals surface area (Å²) in [7, 11) is 0. The number of nitrogens with one attached hydrogen (secondary N) is 2. The number of aliphatic hydroxyl groups is 1. The second-order valence-corrected chi connectivity index (χ2v) is 6.05. The molecule has 0 aliphatic heterocycles. The van der Waals surface area contributed by atoms with Crippen molar-refractivity contribution in [2.24, 2.45) is 4.99 Å². The van der Waals surface area contributed by atoms with E-state index in [9.17, 15) is 5.11 Å². The number of nitrogens with zero attached hydrogens (tertiary/aromatic N) is 2. The van der Waals surface area contributed by atoms with Crippen LogP contribution in [-0.2, 0) is 12.1 Å². The maximum absolute atomic E-state index is 10.6. The average molecular weight is 340 g/mol. The molecule has 1 unspecified atom stereocenters. The lowest BCUT2D eigenvalue weighted by molar-refractivity contribution is 0.0378. The molecule has 0 aliphatic carbocycles. The molecule has 0 spiro atoms. The monoisotopic (exact) mass is 340 g/mol. The van der Waals surface area contributed by atoms with Crippen molar-refractivity contribution in [3.8, 4) is 6.07 Å². The lowest BCUT2D eigenvalue weighted by Gasteiger charge is -2.22. The van der Waals surface area contributed by atoms with Crippen LogP contribution in [0.25, 0.3) is 0 Å². The predicted octanol–water partition coefficient (Wildman–Crippen LogP) is 2.42. The van der Waals surface area contributed by atoms with E-state index in [1.54, 1.807) is 19.1 Å². The first-order chi connectivity index (χ1) is 11.9. The quantitative estimate of drug-likeness (QED) is 0.555. The Bertz CT molecular complexity index is 772. The van der Waals surface area contributed by atoms with Gasteiger partial charge in [-0.05, 0) is 50.6 Å². The summed E-state index contributed by atoms with van der Waals surface area (Å²) in [6, 6.07) is 13.1. The van der Waals surface area contributed by atoms with Gasteiger partial charge in [-0.15, -0.1) is 0 Å². The summed E-state index contributed by atoms with van der Waals surface area (Å²) >= 11 is 0. The number of rotatable bonds is 6. The Morgan fingerprint density at radius 3 is 2.76 bits per heavy atom. The molecule has 0 amide bonds. The number of guanidine groups is 1. The Hall–Kier alpha value is -2.78. The lowest BCUT2D eigenvalue weighted by atomic mass is 10.0. The topological polar surface area (TPSA) is 93.6 Å². The number of aliphatic imine (C=N–C) groups is 1. The van der Waals surface area contributed by atoms with E-state index in [2.05, 4.69) is 21.7 Å². The van der Waals surface area contributed by atoms with E-state index in [1.807, 2.05) is 38.1 Å². The standard InChI is InChI=1S/C19H24N4O2/c1-4-21-18(22-12-16-7-5-6-15(10-16)11-20)23-13-19(3,24)17-9-8-14(2)25-17/h5-10,24H,4,12-13H2,1-3H3,(H2,21,22,23). The molecule has 0 fully saturated rings. The van der Waals surface area contributed by atoms with Gasteiger partial charge in [0.05, 0.1) is 24.7 Å². The summed E-state index contributed by atoms with van der Waals surface area (Å²) in [6.07, 6.45) is 0. The van der Waals surface area contributed by atoms with Gasteiger partial charge >= 0.3 is 0 Å². The van der Waals surface area contributed by atoms with Gasteiger partial charge in [-0.1, -0.05) is 12.1 Å². The maximum atomic E-state index is 10.6. The summed E-state index contributed by atoms with van der Waals surface area (Å²) in [5, 5.41) is 25.8. The number of nitriles is 1. The van der Waals surface area contributed by atoms with Crippen LogP contribution in [0.15, 0.2) is 45.8 Å². The van der Waals surface area contributed by atoms with Gasteiger partial charge in [0.15, 0.2) is 5.96 Å². The molecule has 6 heteroatoms. The number of hydrogen-bond donors (Lipinski definition) is 3. The van der Waals surface area contributed by atoms with Crippen LogP contribution in [0, 0.1) is 18.3 Å². The minimum absolute atomic E-state index is 0.254. The minimum Gasteiger partial charge on any atom is -0.463 e. The zero-order valence-corrected chi connectivity index (χ0v) is 14.8. The first-order valence-corrected chi connectivity index (χ1v) is 8.25. The predicted molar refractivity (Wildman–Crippen MR) is 97.0 cm³/mol. The minimum atomic E-state index is -1.15. The number of furan rings is 1. The first kappa shape index (κ1) is 18.6. The molecular formula is C19H24N4O2. The van der Waals surface area contributed by atoms with Gasteiger partial charge in [-0.3, -0.25) is 0 Å². The molecule has 1 aromatic heterocycles. The second kappa shape index (κ2) is 8.36. The van der Waals surface area contributed by atoms with Gasteiger partial charge in [0.1, 0.15) is 17.1 Å². The SMILES string of the molecule is CCNC(=NCc1cccc(C#N)c1)NCC(C)(O)c1ccc(C)o1. The molecule has 1 heterocycles. The van der Waals surface area contributed by atoms with Gasteiger partial charge in [-0.2, -0.15) is 5.26 Å². The number of aryl methyl sites for hydroxylation is 1. The Morgan fingerprint density at radius 1 is 1.32 bits per heavy atom. The van der Waals surface area contributed by atoms with Gasteiger partial charge in [0.25, 0.3) is 0 Å². The molecule has 0 radical (unpaired) electrons. The molecule has 1 aromatic carbocycles. The van der Waals surface area contributed by atoms with Gasteiger partial charge in [-0.25, -0.2) is 4.99 Å². The smallest absolute Gasteiger partial charge is 0.191 e. The van der Waals surface area contributed by atoms with E-state index in [4.69, 9.17) is 9.68 Å². The highest BCUT2D eigenvalue weighted by Gasteiger charge is 2.27. The summed E-state index contributed by atoms with van der Waals surface area (Å²) in [4.78, 5) is 4.50. The van der Waals surface area contributed by atoms with Crippen molar-refractivity contribution < 1.29 is 9.52 Å². The molecule has 2 aromatic rings. The molecule has 1 atom stereocenters. The van der Waals surface area contributed by atoms with Crippen molar-refractivity contribution in [1.29, 1.82) is 5.26 Å². The van der Waals surface area contributed by atoms with Crippen LogP contribution in [0.1, 0.15) is 36.5 Å². The fraction of sp³-hybridized carbons (Fsp3) is 0.368. The van der Waals surface area contributed by atoms with E-state index in [-0.39, 0.29) is 6.54 Å². The van der Waals surface area contributed by atoms with Crippen molar-refractivity contribution in [3.05, 3.63) is 59.0 Å². The van der Waals surface area contributed by atoms with Crippen LogP contribution in [0.3, 0.4) is 0 Å². The number of benzene rings is 1. The van der Waals surface area contributed by atoms with Crippen LogP contribution >= 0.6 is 0 Å². The Balaban J connectivity index is 2.03. The maximum Gasteiger partial charge on any atom is 0.191 e. The third-order valence-electron chi connectivity index (χ3n) is 3.69.